The van der Waals surface area contributed by atoms with E-state index in [2.05, 4.69) is 16.8 Å². The van der Waals surface area contributed by atoms with Crippen LogP contribution in [0, 0.1) is 5.92 Å². The predicted octanol–water partition coefficient (Wildman–Crippen LogP) is 2.76. The van der Waals surface area contributed by atoms with Gasteiger partial charge in [0.2, 0.25) is 0 Å². The molecule has 0 amide bonds. The van der Waals surface area contributed by atoms with Crippen molar-refractivity contribution in [2.75, 3.05) is 18.0 Å². The molecule has 0 bridgehead atoms. The average molecular weight is 234 g/mol. The van der Waals surface area contributed by atoms with E-state index in [0.717, 1.165) is 30.4 Å². The monoisotopic (exact) mass is 234 g/mol. The number of aliphatic hydroxyl groups is 1. The molecule has 3 heteroatoms. The van der Waals surface area contributed by atoms with Crippen LogP contribution in [-0.4, -0.2) is 23.2 Å². The van der Waals surface area contributed by atoms with Crippen LogP contribution in [0.25, 0.3) is 0 Å². The van der Waals surface area contributed by atoms with Gasteiger partial charge in [0.1, 0.15) is 5.82 Å². The summed E-state index contributed by atoms with van der Waals surface area (Å²) in [5.41, 5.74) is 0.939. The summed E-state index contributed by atoms with van der Waals surface area (Å²) in [5, 5.41) is 9.79. The number of nitrogens with zero attached hydrogens (tertiary/aromatic N) is 2. The van der Waals surface area contributed by atoms with E-state index in [1.807, 2.05) is 18.3 Å². The molecule has 1 aliphatic rings. The Balaban J connectivity index is 2.16. The zero-order valence-corrected chi connectivity index (χ0v) is 10.8. The molecule has 1 fully saturated rings. The van der Waals surface area contributed by atoms with Crippen LogP contribution in [0.1, 0.15) is 44.8 Å². The second kappa shape index (κ2) is 5.50. The van der Waals surface area contributed by atoms with Crippen molar-refractivity contribution < 1.29 is 5.11 Å². The van der Waals surface area contributed by atoms with Crippen LogP contribution in [0.3, 0.4) is 0 Å². The van der Waals surface area contributed by atoms with Crippen molar-refractivity contribution in [2.24, 2.45) is 5.92 Å². The highest BCUT2D eigenvalue weighted by Crippen LogP contribution is 2.30. The van der Waals surface area contributed by atoms with Crippen LogP contribution >= 0.6 is 0 Å². The van der Waals surface area contributed by atoms with Crippen LogP contribution in [0.2, 0.25) is 0 Å². The quantitative estimate of drug-likeness (QED) is 0.851. The first kappa shape index (κ1) is 12.4. The van der Waals surface area contributed by atoms with Crippen molar-refractivity contribution in [3.05, 3.63) is 23.9 Å². The fourth-order valence-electron chi connectivity index (χ4n) is 2.35. The van der Waals surface area contributed by atoms with Crippen LogP contribution in [0.15, 0.2) is 18.3 Å². The molecule has 0 unspecified atom stereocenters. The summed E-state index contributed by atoms with van der Waals surface area (Å²) in [6.45, 7) is 5.98. The minimum Gasteiger partial charge on any atom is -0.389 e. The van der Waals surface area contributed by atoms with Crippen LogP contribution in [0.5, 0.6) is 0 Å². The standard InChI is InChI=1S/C14H22N2O/c1-3-16(10-12-6-4-7-12)14-13(11(2)17)8-5-9-15-14/h5,8-9,11-12,17H,3-4,6-7,10H2,1-2H3/t11-/m0/s1. The highest BCUT2D eigenvalue weighted by molar-refractivity contribution is 5.47. The molecule has 2 rings (SSSR count). The molecular formula is C14H22N2O. The normalized spacial score (nSPS) is 17.6. The van der Waals surface area contributed by atoms with Crippen molar-refractivity contribution in [3.63, 3.8) is 0 Å². The van der Waals surface area contributed by atoms with E-state index in [0.29, 0.717) is 0 Å². The zero-order valence-electron chi connectivity index (χ0n) is 10.8. The van der Waals surface area contributed by atoms with Gasteiger partial charge in [-0.1, -0.05) is 12.5 Å². The van der Waals surface area contributed by atoms with E-state index in [4.69, 9.17) is 0 Å². The third-order valence-corrected chi connectivity index (χ3v) is 3.65. The lowest BCUT2D eigenvalue weighted by Gasteiger charge is -2.33. The first-order chi connectivity index (χ1) is 8.22. The molecule has 1 heterocycles. The lowest BCUT2D eigenvalue weighted by molar-refractivity contribution is 0.199. The minimum atomic E-state index is -0.450. The average Bonchev–Trinajstić information content (AvgIpc) is 2.28. The number of pyridine rings is 1. The minimum absolute atomic E-state index is 0.450. The van der Waals surface area contributed by atoms with Gasteiger partial charge in [0.15, 0.2) is 0 Å². The molecule has 1 aromatic heterocycles. The Labute approximate surface area is 103 Å². The summed E-state index contributed by atoms with van der Waals surface area (Å²) < 4.78 is 0. The molecular weight excluding hydrogens is 212 g/mol. The maximum atomic E-state index is 9.79. The zero-order chi connectivity index (χ0) is 12.3. The van der Waals surface area contributed by atoms with Gasteiger partial charge < -0.3 is 10.0 Å². The van der Waals surface area contributed by atoms with E-state index < -0.39 is 6.10 Å². The smallest absolute Gasteiger partial charge is 0.134 e. The lowest BCUT2D eigenvalue weighted by Crippen LogP contribution is -2.33. The lowest BCUT2D eigenvalue weighted by atomic mass is 9.85. The molecule has 0 aliphatic heterocycles. The summed E-state index contributed by atoms with van der Waals surface area (Å²) in [6.07, 6.45) is 5.41. The Morgan fingerprint density at radius 2 is 2.29 bits per heavy atom. The first-order valence-corrected chi connectivity index (χ1v) is 6.60. The Kier molecular flexibility index (Phi) is 4.00. The highest BCUT2D eigenvalue weighted by Gasteiger charge is 2.22. The van der Waals surface area contributed by atoms with Crippen LogP contribution in [0.4, 0.5) is 5.82 Å². The summed E-state index contributed by atoms with van der Waals surface area (Å²) >= 11 is 0. The van der Waals surface area contributed by atoms with Crippen molar-refractivity contribution in [1.29, 1.82) is 0 Å². The molecule has 1 aromatic rings. The molecule has 0 spiro atoms. The van der Waals surface area contributed by atoms with Crippen molar-refractivity contribution in [1.82, 2.24) is 4.98 Å². The number of hydrogen-bond donors (Lipinski definition) is 1. The number of aliphatic hydroxyl groups excluding tert-OH is 1. The Hall–Kier alpha value is -1.09. The SMILES string of the molecule is CCN(CC1CCC1)c1ncccc1[C@H](C)O. The molecule has 0 aromatic carbocycles. The summed E-state index contributed by atoms with van der Waals surface area (Å²) in [6, 6.07) is 3.86. The molecule has 1 saturated carbocycles. The second-order valence-corrected chi connectivity index (χ2v) is 4.93. The van der Waals surface area contributed by atoms with Crippen molar-refractivity contribution >= 4 is 5.82 Å². The first-order valence-electron chi connectivity index (χ1n) is 6.60. The fourth-order valence-corrected chi connectivity index (χ4v) is 2.35. The van der Waals surface area contributed by atoms with E-state index >= 15 is 0 Å². The fraction of sp³-hybridized carbons (Fsp3) is 0.643. The Bertz CT molecular complexity index is 361. The molecule has 17 heavy (non-hydrogen) atoms. The maximum Gasteiger partial charge on any atom is 0.134 e. The Morgan fingerprint density at radius 1 is 1.53 bits per heavy atom. The molecule has 1 N–H and O–H groups in total. The molecule has 94 valence electrons. The van der Waals surface area contributed by atoms with Gasteiger partial charge in [-0.25, -0.2) is 4.98 Å². The molecule has 1 atom stereocenters. The third kappa shape index (κ3) is 2.78. The Morgan fingerprint density at radius 3 is 2.82 bits per heavy atom. The van der Waals surface area contributed by atoms with Gasteiger partial charge >= 0.3 is 0 Å². The highest BCUT2D eigenvalue weighted by atomic mass is 16.3. The van der Waals surface area contributed by atoms with Gasteiger partial charge in [-0.2, -0.15) is 0 Å². The second-order valence-electron chi connectivity index (χ2n) is 4.93. The van der Waals surface area contributed by atoms with E-state index in [9.17, 15) is 5.11 Å². The number of rotatable bonds is 5. The third-order valence-electron chi connectivity index (χ3n) is 3.65. The van der Waals surface area contributed by atoms with E-state index in [1.165, 1.54) is 19.3 Å². The summed E-state index contributed by atoms with van der Waals surface area (Å²) in [4.78, 5) is 6.75. The number of aromatic nitrogens is 1. The summed E-state index contributed by atoms with van der Waals surface area (Å²) in [7, 11) is 0. The number of hydrogen-bond acceptors (Lipinski definition) is 3. The van der Waals surface area contributed by atoms with Gasteiger partial charge in [0.05, 0.1) is 6.10 Å². The van der Waals surface area contributed by atoms with E-state index in [1.54, 1.807) is 6.92 Å². The summed E-state index contributed by atoms with van der Waals surface area (Å²) in [5.74, 6) is 1.77. The van der Waals surface area contributed by atoms with Gasteiger partial charge in [0.25, 0.3) is 0 Å². The maximum absolute atomic E-state index is 9.79. The molecule has 0 saturated heterocycles. The van der Waals surface area contributed by atoms with Crippen LogP contribution < -0.4 is 4.90 Å². The molecule has 1 aliphatic carbocycles. The van der Waals surface area contributed by atoms with E-state index in [-0.39, 0.29) is 0 Å². The van der Waals surface area contributed by atoms with Gasteiger partial charge in [0, 0.05) is 24.8 Å². The molecule has 0 radical (unpaired) electrons. The van der Waals surface area contributed by atoms with Gasteiger partial charge in [-0.05, 0) is 38.7 Å². The largest absolute Gasteiger partial charge is 0.389 e. The van der Waals surface area contributed by atoms with Gasteiger partial charge in [-0.3, -0.25) is 0 Å². The van der Waals surface area contributed by atoms with Gasteiger partial charge in [-0.15, -0.1) is 0 Å². The molecule has 3 nitrogen and oxygen atoms in total. The van der Waals surface area contributed by atoms with Crippen molar-refractivity contribution in [2.45, 2.75) is 39.2 Å². The van der Waals surface area contributed by atoms with Crippen LogP contribution in [-0.2, 0) is 0 Å². The van der Waals surface area contributed by atoms with Crippen molar-refractivity contribution in [3.8, 4) is 0 Å². The predicted molar refractivity (Wildman–Crippen MR) is 70.1 cm³/mol. The topological polar surface area (TPSA) is 36.4 Å². The number of anilines is 1.